The molecule has 0 aliphatic carbocycles. The van der Waals surface area contributed by atoms with Crippen LogP contribution in [-0.2, 0) is 4.79 Å². The van der Waals surface area contributed by atoms with Crippen LogP contribution in [-0.4, -0.2) is 23.2 Å². The average Bonchev–Trinajstić information content (AvgIpc) is 2.66. The smallest absolute Gasteiger partial charge is 0.320 e. The van der Waals surface area contributed by atoms with Crippen LogP contribution >= 0.6 is 0 Å². The average molecular weight is 213 g/mol. The Labute approximate surface area is 92.3 Å². The highest BCUT2D eigenvalue weighted by atomic mass is 16.4. The Morgan fingerprint density at radius 2 is 2.00 bits per heavy atom. The van der Waals surface area contributed by atoms with Crippen LogP contribution in [0.1, 0.15) is 52.9 Å². The Morgan fingerprint density at radius 1 is 1.40 bits per heavy atom. The maximum atomic E-state index is 10.8. The Bertz CT molecular complexity index is 224. The lowest BCUT2D eigenvalue weighted by atomic mass is 9.78. The van der Waals surface area contributed by atoms with Crippen molar-refractivity contribution in [3.05, 3.63) is 0 Å². The third-order valence-corrected chi connectivity index (χ3v) is 3.99. The SMILES string of the molecule is CCC(C)(CC)CC1CCC(C(=O)O)N1. The van der Waals surface area contributed by atoms with Gasteiger partial charge < -0.3 is 10.4 Å². The first-order valence-electron chi connectivity index (χ1n) is 5.99. The number of carboxylic acids is 1. The summed E-state index contributed by atoms with van der Waals surface area (Å²) in [7, 11) is 0. The van der Waals surface area contributed by atoms with E-state index < -0.39 is 5.97 Å². The van der Waals surface area contributed by atoms with Crippen molar-refractivity contribution in [2.24, 2.45) is 5.41 Å². The minimum Gasteiger partial charge on any atom is -0.480 e. The highest BCUT2D eigenvalue weighted by molar-refractivity contribution is 5.73. The fraction of sp³-hybridized carbons (Fsp3) is 0.917. The predicted molar refractivity (Wildman–Crippen MR) is 60.9 cm³/mol. The standard InChI is InChI=1S/C12H23NO2/c1-4-12(3,5-2)8-9-6-7-10(13-9)11(14)15/h9-10,13H,4-8H2,1-3H3,(H,14,15). The van der Waals surface area contributed by atoms with E-state index in [1.807, 2.05) is 0 Å². The maximum Gasteiger partial charge on any atom is 0.320 e. The van der Waals surface area contributed by atoms with E-state index in [4.69, 9.17) is 5.11 Å². The largest absolute Gasteiger partial charge is 0.480 e. The van der Waals surface area contributed by atoms with Crippen LogP contribution in [0.3, 0.4) is 0 Å². The van der Waals surface area contributed by atoms with Crippen LogP contribution in [0.2, 0.25) is 0 Å². The van der Waals surface area contributed by atoms with Gasteiger partial charge in [-0.2, -0.15) is 0 Å². The summed E-state index contributed by atoms with van der Waals surface area (Å²) in [6.45, 7) is 6.73. The second-order valence-electron chi connectivity index (χ2n) is 5.05. The topological polar surface area (TPSA) is 49.3 Å². The van der Waals surface area contributed by atoms with Crippen molar-refractivity contribution in [2.75, 3.05) is 0 Å². The summed E-state index contributed by atoms with van der Waals surface area (Å²) in [6.07, 6.45) is 5.22. The summed E-state index contributed by atoms with van der Waals surface area (Å²) in [5, 5.41) is 12.1. The minimum absolute atomic E-state index is 0.312. The predicted octanol–water partition coefficient (Wildman–Crippen LogP) is 2.41. The molecule has 88 valence electrons. The number of aliphatic carboxylic acids is 1. The number of nitrogens with one attached hydrogen (secondary N) is 1. The highest BCUT2D eigenvalue weighted by Crippen LogP contribution is 2.33. The summed E-state index contributed by atoms with van der Waals surface area (Å²) in [5.41, 5.74) is 0.366. The molecule has 0 aromatic carbocycles. The van der Waals surface area contributed by atoms with Crippen molar-refractivity contribution < 1.29 is 9.90 Å². The number of hydrogen-bond donors (Lipinski definition) is 2. The first kappa shape index (κ1) is 12.5. The molecule has 1 aliphatic heterocycles. The van der Waals surface area contributed by atoms with Gasteiger partial charge in [0.15, 0.2) is 0 Å². The van der Waals surface area contributed by atoms with Crippen molar-refractivity contribution in [3.63, 3.8) is 0 Å². The van der Waals surface area contributed by atoms with Crippen LogP contribution in [0.5, 0.6) is 0 Å². The van der Waals surface area contributed by atoms with Crippen molar-refractivity contribution in [1.82, 2.24) is 5.32 Å². The number of rotatable bonds is 5. The molecule has 2 atom stereocenters. The number of carboxylic acid groups (broad SMARTS) is 1. The van der Waals surface area contributed by atoms with E-state index in [2.05, 4.69) is 26.1 Å². The molecule has 1 rings (SSSR count). The zero-order valence-corrected chi connectivity index (χ0v) is 10.0. The van der Waals surface area contributed by atoms with E-state index in [1.165, 1.54) is 12.8 Å². The van der Waals surface area contributed by atoms with Crippen molar-refractivity contribution in [1.29, 1.82) is 0 Å². The third kappa shape index (κ3) is 3.20. The number of hydrogen-bond acceptors (Lipinski definition) is 2. The zero-order chi connectivity index (χ0) is 11.5. The Morgan fingerprint density at radius 3 is 2.40 bits per heavy atom. The molecule has 1 aliphatic rings. The van der Waals surface area contributed by atoms with Crippen LogP contribution in [0.4, 0.5) is 0 Å². The van der Waals surface area contributed by atoms with Gasteiger partial charge in [0, 0.05) is 6.04 Å². The Balaban J connectivity index is 2.44. The van der Waals surface area contributed by atoms with Gasteiger partial charge in [0.2, 0.25) is 0 Å². The van der Waals surface area contributed by atoms with Crippen LogP contribution in [0.15, 0.2) is 0 Å². The van der Waals surface area contributed by atoms with E-state index in [9.17, 15) is 4.79 Å². The van der Waals surface area contributed by atoms with Crippen molar-refractivity contribution in [2.45, 2.75) is 65.0 Å². The molecule has 3 heteroatoms. The normalized spacial score (nSPS) is 26.9. The molecule has 3 nitrogen and oxygen atoms in total. The summed E-state index contributed by atoms with van der Waals surface area (Å²) >= 11 is 0. The third-order valence-electron chi connectivity index (χ3n) is 3.99. The van der Waals surface area contributed by atoms with Crippen LogP contribution in [0.25, 0.3) is 0 Å². The molecule has 2 N–H and O–H groups in total. The van der Waals surface area contributed by atoms with Gasteiger partial charge in [-0.3, -0.25) is 4.79 Å². The fourth-order valence-corrected chi connectivity index (χ4v) is 2.31. The van der Waals surface area contributed by atoms with E-state index in [0.717, 1.165) is 19.3 Å². The van der Waals surface area contributed by atoms with E-state index in [1.54, 1.807) is 0 Å². The molecule has 0 saturated carbocycles. The van der Waals surface area contributed by atoms with Gasteiger partial charge in [-0.1, -0.05) is 33.6 Å². The minimum atomic E-state index is -0.702. The van der Waals surface area contributed by atoms with Gasteiger partial charge in [0.1, 0.15) is 6.04 Å². The lowest BCUT2D eigenvalue weighted by Crippen LogP contribution is -2.37. The van der Waals surface area contributed by atoms with E-state index >= 15 is 0 Å². The lowest BCUT2D eigenvalue weighted by Gasteiger charge is -2.30. The van der Waals surface area contributed by atoms with Gasteiger partial charge in [-0.05, 0) is 24.7 Å². The molecule has 15 heavy (non-hydrogen) atoms. The van der Waals surface area contributed by atoms with Crippen LogP contribution < -0.4 is 5.32 Å². The van der Waals surface area contributed by atoms with Crippen molar-refractivity contribution >= 4 is 5.97 Å². The summed E-state index contributed by atoms with van der Waals surface area (Å²) in [4.78, 5) is 10.8. The molecule has 1 heterocycles. The van der Waals surface area contributed by atoms with E-state index in [-0.39, 0.29) is 6.04 Å². The highest BCUT2D eigenvalue weighted by Gasteiger charge is 2.32. The van der Waals surface area contributed by atoms with Gasteiger partial charge >= 0.3 is 5.97 Å². The monoisotopic (exact) mass is 213 g/mol. The summed E-state index contributed by atoms with van der Waals surface area (Å²) in [6, 6.07) is 0.0870. The second kappa shape index (κ2) is 4.97. The first-order valence-corrected chi connectivity index (χ1v) is 5.99. The molecule has 0 aromatic heterocycles. The molecular weight excluding hydrogens is 190 g/mol. The molecule has 2 unspecified atom stereocenters. The molecule has 0 bridgehead atoms. The van der Waals surface area contributed by atoms with Gasteiger partial charge in [0.05, 0.1) is 0 Å². The summed E-state index contributed by atoms with van der Waals surface area (Å²) < 4.78 is 0. The fourth-order valence-electron chi connectivity index (χ4n) is 2.31. The van der Waals surface area contributed by atoms with Gasteiger partial charge in [-0.15, -0.1) is 0 Å². The maximum absolute atomic E-state index is 10.8. The molecule has 1 fully saturated rings. The first-order chi connectivity index (χ1) is 7.00. The molecule has 0 radical (unpaired) electrons. The lowest BCUT2D eigenvalue weighted by molar-refractivity contribution is -0.139. The van der Waals surface area contributed by atoms with Gasteiger partial charge in [0.25, 0.3) is 0 Å². The molecule has 0 spiro atoms. The Hall–Kier alpha value is -0.570. The zero-order valence-electron chi connectivity index (χ0n) is 10.0. The molecular formula is C12H23NO2. The van der Waals surface area contributed by atoms with Gasteiger partial charge in [-0.25, -0.2) is 0 Å². The number of carbonyl (C=O) groups is 1. The molecule has 0 amide bonds. The Kier molecular flexibility index (Phi) is 4.14. The van der Waals surface area contributed by atoms with E-state index in [0.29, 0.717) is 11.5 Å². The molecule has 1 saturated heterocycles. The molecule has 0 aromatic rings. The quantitative estimate of drug-likeness (QED) is 0.737. The van der Waals surface area contributed by atoms with Crippen molar-refractivity contribution in [3.8, 4) is 0 Å². The second-order valence-corrected chi connectivity index (χ2v) is 5.05. The summed E-state index contributed by atoms with van der Waals surface area (Å²) in [5.74, 6) is -0.702. The van der Waals surface area contributed by atoms with Crippen LogP contribution in [0, 0.1) is 5.41 Å².